The number of rotatable bonds is 1. The van der Waals surface area contributed by atoms with Gasteiger partial charge < -0.3 is 10.1 Å². The summed E-state index contributed by atoms with van der Waals surface area (Å²) in [6, 6.07) is -0.391. The van der Waals surface area contributed by atoms with Gasteiger partial charge in [-0.15, -0.1) is 0 Å². The molecule has 1 saturated heterocycles. The summed E-state index contributed by atoms with van der Waals surface area (Å²) in [4.78, 5) is 21.4. The molecule has 1 aliphatic rings. The molecule has 1 rings (SSSR count). The first kappa shape index (κ1) is 8.00. The van der Waals surface area contributed by atoms with Gasteiger partial charge in [0, 0.05) is 6.54 Å². The maximum atomic E-state index is 10.8. The van der Waals surface area contributed by atoms with Gasteiger partial charge in [-0.05, 0) is 0 Å². The van der Waals surface area contributed by atoms with Crippen molar-refractivity contribution >= 4 is 11.9 Å². The van der Waals surface area contributed by atoms with Crippen LogP contribution in [0.3, 0.4) is 0 Å². The topological polar surface area (TPSA) is 67.4 Å². The monoisotopic (exact) mass is 158 g/mol. The predicted octanol–water partition coefficient (Wildman–Crippen LogP) is -1.75. The van der Waals surface area contributed by atoms with Crippen molar-refractivity contribution in [3.63, 3.8) is 0 Å². The molecule has 0 bridgehead atoms. The van der Waals surface area contributed by atoms with Crippen LogP contribution in [0.5, 0.6) is 0 Å². The number of hydrogen-bond acceptors (Lipinski definition) is 4. The van der Waals surface area contributed by atoms with Gasteiger partial charge in [-0.25, -0.2) is 0 Å². The second kappa shape index (κ2) is 3.34. The normalized spacial score (nSPS) is 24.1. The van der Waals surface area contributed by atoms with Gasteiger partial charge in [0.05, 0.1) is 13.7 Å². The number of hydrogen-bond donors (Lipinski definition) is 2. The SMILES string of the molecule is COC(=O)[C@H]1CNC(=O)CN1. The fourth-order valence-corrected chi connectivity index (χ4v) is 0.875. The van der Waals surface area contributed by atoms with Crippen molar-refractivity contribution in [2.75, 3.05) is 20.2 Å². The lowest BCUT2D eigenvalue weighted by Crippen LogP contribution is -2.55. The summed E-state index contributed by atoms with van der Waals surface area (Å²) in [6.07, 6.45) is 0. The fraction of sp³-hybridized carbons (Fsp3) is 0.667. The molecule has 0 aromatic rings. The zero-order chi connectivity index (χ0) is 8.27. The molecule has 5 nitrogen and oxygen atoms in total. The molecule has 0 saturated carbocycles. The van der Waals surface area contributed by atoms with Crippen LogP contribution in [0.1, 0.15) is 0 Å². The molecular formula is C6H10N2O3. The minimum Gasteiger partial charge on any atom is -0.468 e. The van der Waals surface area contributed by atoms with E-state index in [4.69, 9.17) is 0 Å². The van der Waals surface area contributed by atoms with Gasteiger partial charge in [0.25, 0.3) is 0 Å². The summed E-state index contributed by atoms with van der Waals surface area (Å²) in [6.45, 7) is 0.491. The number of carbonyl (C=O) groups excluding carboxylic acids is 2. The average Bonchev–Trinajstić information content (AvgIpc) is 2.05. The number of carbonyl (C=O) groups is 2. The second-order valence-corrected chi connectivity index (χ2v) is 2.26. The molecule has 2 N–H and O–H groups in total. The maximum Gasteiger partial charge on any atom is 0.324 e. The Bertz CT molecular complexity index is 171. The van der Waals surface area contributed by atoms with Gasteiger partial charge in [0.2, 0.25) is 5.91 Å². The van der Waals surface area contributed by atoms with Gasteiger partial charge in [0.15, 0.2) is 0 Å². The van der Waals surface area contributed by atoms with Crippen molar-refractivity contribution in [2.45, 2.75) is 6.04 Å². The van der Waals surface area contributed by atoms with Gasteiger partial charge in [-0.2, -0.15) is 0 Å². The molecular weight excluding hydrogens is 148 g/mol. The molecule has 0 spiro atoms. The van der Waals surface area contributed by atoms with Gasteiger partial charge >= 0.3 is 5.97 Å². The minimum atomic E-state index is -0.391. The van der Waals surface area contributed by atoms with E-state index >= 15 is 0 Å². The van der Waals surface area contributed by atoms with Crippen molar-refractivity contribution in [1.82, 2.24) is 10.6 Å². The largest absolute Gasteiger partial charge is 0.468 e. The first-order chi connectivity index (χ1) is 5.24. The molecule has 0 radical (unpaired) electrons. The Morgan fingerprint density at radius 1 is 1.73 bits per heavy atom. The smallest absolute Gasteiger partial charge is 0.324 e. The fourth-order valence-electron chi connectivity index (χ4n) is 0.875. The van der Waals surface area contributed by atoms with Crippen LogP contribution in [0.2, 0.25) is 0 Å². The molecule has 0 aliphatic carbocycles. The molecule has 11 heavy (non-hydrogen) atoms. The highest BCUT2D eigenvalue weighted by molar-refractivity contribution is 5.83. The summed E-state index contributed by atoms with van der Waals surface area (Å²) in [5.41, 5.74) is 0. The lowest BCUT2D eigenvalue weighted by molar-refractivity contribution is -0.143. The van der Waals surface area contributed by atoms with E-state index in [1.54, 1.807) is 0 Å². The molecule has 5 heteroatoms. The van der Waals surface area contributed by atoms with E-state index in [0.29, 0.717) is 6.54 Å². The number of nitrogens with one attached hydrogen (secondary N) is 2. The maximum absolute atomic E-state index is 10.8. The van der Waals surface area contributed by atoms with E-state index in [2.05, 4.69) is 15.4 Å². The van der Waals surface area contributed by atoms with Crippen LogP contribution in [-0.4, -0.2) is 38.1 Å². The molecule has 0 unspecified atom stereocenters. The van der Waals surface area contributed by atoms with Crippen LogP contribution >= 0.6 is 0 Å². The quantitative estimate of drug-likeness (QED) is 0.444. The highest BCUT2D eigenvalue weighted by atomic mass is 16.5. The summed E-state index contributed by atoms with van der Waals surface area (Å²) in [5, 5.41) is 5.28. The number of methoxy groups -OCH3 is 1. The van der Waals surface area contributed by atoms with E-state index in [-0.39, 0.29) is 18.4 Å². The number of ether oxygens (including phenoxy) is 1. The minimum absolute atomic E-state index is 0.0925. The van der Waals surface area contributed by atoms with E-state index in [1.165, 1.54) is 7.11 Å². The lowest BCUT2D eigenvalue weighted by Gasteiger charge is -2.21. The van der Waals surface area contributed by atoms with Crippen LogP contribution in [0.25, 0.3) is 0 Å². The van der Waals surface area contributed by atoms with Crippen molar-refractivity contribution in [3.05, 3.63) is 0 Å². The van der Waals surface area contributed by atoms with E-state index in [1.807, 2.05) is 0 Å². The highest BCUT2D eigenvalue weighted by Crippen LogP contribution is 1.90. The van der Waals surface area contributed by atoms with Crippen molar-refractivity contribution < 1.29 is 14.3 Å². The van der Waals surface area contributed by atoms with Gasteiger partial charge in [-0.3, -0.25) is 14.9 Å². The van der Waals surface area contributed by atoms with Gasteiger partial charge in [-0.1, -0.05) is 0 Å². The third-order valence-corrected chi connectivity index (χ3v) is 1.50. The third kappa shape index (κ3) is 1.91. The summed E-state index contributed by atoms with van der Waals surface area (Å²) >= 11 is 0. The van der Waals surface area contributed by atoms with E-state index < -0.39 is 6.04 Å². The van der Waals surface area contributed by atoms with Crippen LogP contribution in [0, 0.1) is 0 Å². The van der Waals surface area contributed by atoms with Crippen molar-refractivity contribution in [1.29, 1.82) is 0 Å². The zero-order valence-corrected chi connectivity index (χ0v) is 6.22. The van der Waals surface area contributed by atoms with E-state index in [0.717, 1.165) is 0 Å². The Morgan fingerprint density at radius 2 is 2.45 bits per heavy atom. The molecule has 1 heterocycles. The average molecular weight is 158 g/mol. The van der Waals surface area contributed by atoms with Crippen molar-refractivity contribution in [2.24, 2.45) is 0 Å². The zero-order valence-electron chi connectivity index (χ0n) is 6.22. The molecule has 1 atom stereocenters. The van der Waals surface area contributed by atoms with Crippen LogP contribution in [0.4, 0.5) is 0 Å². The van der Waals surface area contributed by atoms with Crippen LogP contribution < -0.4 is 10.6 Å². The third-order valence-electron chi connectivity index (χ3n) is 1.50. The first-order valence-corrected chi connectivity index (χ1v) is 3.32. The molecule has 1 amide bonds. The Balaban J connectivity index is 2.39. The predicted molar refractivity (Wildman–Crippen MR) is 36.8 cm³/mol. The summed E-state index contributed by atoms with van der Waals surface area (Å²) in [5.74, 6) is -0.435. The highest BCUT2D eigenvalue weighted by Gasteiger charge is 2.23. The number of esters is 1. The summed E-state index contributed by atoms with van der Waals surface area (Å²) < 4.78 is 4.47. The first-order valence-electron chi connectivity index (χ1n) is 3.32. The van der Waals surface area contributed by atoms with Crippen LogP contribution in [-0.2, 0) is 14.3 Å². The molecule has 1 aliphatic heterocycles. The lowest BCUT2D eigenvalue weighted by atomic mass is 10.2. The standard InChI is InChI=1S/C6H10N2O3/c1-11-6(10)4-2-8-5(9)3-7-4/h4,7H,2-3H2,1H3,(H,8,9)/t4-/m1/s1. The van der Waals surface area contributed by atoms with E-state index in [9.17, 15) is 9.59 Å². The Hall–Kier alpha value is -1.10. The summed E-state index contributed by atoms with van der Waals surface area (Å²) in [7, 11) is 1.32. The Kier molecular flexibility index (Phi) is 2.43. The van der Waals surface area contributed by atoms with Crippen LogP contribution in [0.15, 0.2) is 0 Å². The molecule has 0 aromatic carbocycles. The van der Waals surface area contributed by atoms with Crippen molar-refractivity contribution in [3.8, 4) is 0 Å². The Labute approximate surface area is 64.1 Å². The molecule has 1 fully saturated rings. The molecule has 0 aromatic heterocycles. The number of amides is 1. The second-order valence-electron chi connectivity index (χ2n) is 2.26. The Morgan fingerprint density at radius 3 is 2.91 bits per heavy atom. The van der Waals surface area contributed by atoms with Gasteiger partial charge in [0.1, 0.15) is 6.04 Å². The number of piperazine rings is 1. The molecule has 62 valence electrons.